The lowest BCUT2D eigenvalue weighted by Gasteiger charge is -2.45. The van der Waals surface area contributed by atoms with Crippen LogP contribution in [-0.2, 0) is 25.0 Å². The number of cyclic esters (lactones) is 1. The van der Waals surface area contributed by atoms with Crippen LogP contribution in [0.1, 0.15) is 38.8 Å². The fourth-order valence-corrected chi connectivity index (χ4v) is 7.23. The zero-order valence-electron chi connectivity index (χ0n) is 20.5. The molecule has 182 valence electrons. The monoisotopic (exact) mass is 553 g/mol. The van der Waals surface area contributed by atoms with E-state index in [0.717, 1.165) is 37.9 Å². The van der Waals surface area contributed by atoms with Gasteiger partial charge >= 0.3 is 5.97 Å². The van der Waals surface area contributed by atoms with Gasteiger partial charge in [0.25, 0.3) is 0 Å². The Bertz CT molecular complexity index is 1450. The van der Waals surface area contributed by atoms with Crippen molar-refractivity contribution in [1.82, 2.24) is 4.31 Å². The number of sulfonamides is 1. The van der Waals surface area contributed by atoms with Gasteiger partial charge < -0.3 is 4.74 Å². The van der Waals surface area contributed by atoms with E-state index >= 15 is 0 Å². The Morgan fingerprint density at radius 3 is 2.17 bits per heavy atom. The Balaban J connectivity index is 1.72. The first-order chi connectivity index (χ1) is 16.3. The van der Waals surface area contributed by atoms with Crippen LogP contribution < -0.4 is 0 Å². The first kappa shape index (κ1) is 24.2. The zero-order valence-corrected chi connectivity index (χ0v) is 22.9. The molecule has 2 heterocycles. The first-order valence-corrected chi connectivity index (χ1v) is 13.8. The van der Waals surface area contributed by atoms with Gasteiger partial charge in [-0.25, -0.2) is 13.2 Å². The number of nitrogens with zero attached hydrogens (tertiary/aromatic N) is 1. The predicted molar refractivity (Wildman–Crippen MR) is 139 cm³/mol. The van der Waals surface area contributed by atoms with E-state index in [4.69, 9.17) is 4.74 Å². The molecule has 5 nitrogen and oxygen atoms in total. The SMILES string of the molecule is CC1=C2C(=C3CN(S(=O)(=O)c4ccc(C)cc4)CC3=C[C@]2(C)c2ccc(Br)cc2)C(C)(C)OC1=O. The lowest BCUT2D eigenvalue weighted by Crippen LogP contribution is -2.44. The van der Waals surface area contributed by atoms with E-state index in [2.05, 4.69) is 28.9 Å². The summed E-state index contributed by atoms with van der Waals surface area (Å²) in [4.78, 5) is 13.2. The summed E-state index contributed by atoms with van der Waals surface area (Å²) in [5, 5.41) is 0. The molecule has 0 bridgehead atoms. The number of carbonyl (C=O) groups excluding carboxylic acids is 1. The molecule has 0 saturated carbocycles. The molecule has 35 heavy (non-hydrogen) atoms. The van der Waals surface area contributed by atoms with Crippen molar-refractivity contribution in [1.29, 1.82) is 0 Å². The predicted octanol–water partition coefficient (Wildman–Crippen LogP) is 5.61. The summed E-state index contributed by atoms with van der Waals surface area (Å²) in [6, 6.07) is 15.0. The Labute approximate surface area is 215 Å². The molecule has 1 fully saturated rings. The van der Waals surface area contributed by atoms with Gasteiger partial charge in [0.1, 0.15) is 5.60 Å². The average Bonchev–Trinajstić information content (AvgIpc) is 3.21. The number of aryl methyl sites for hydroxylation is 1. The molecule has 2 aliphatic heterocycles. The number of esters is 1. The quantitative estimate of drug-likeness (QED) is 0.463. The highest BCUT2D eigenvalue weighted by Gasteiger charge is 2.51. The van der Waals surface area contributed by atoms with Crippen LogP contribution in [0.25, 0.3) is 0 Å². The number of ether oxygens (including phenoxy) is 1. The summed E-state index contributed by atoms with van der Waals surface area (Å²) >= 11 is 3.51. The summed E-state index contributed by atoms with van der Waals surface area (Å²) in [6.07, 6.45) is 2.15. The van der Waals surface area contributed by atoms with Gasteiger partial charge in [0.2, 0.25) is 10.0 Å². The van der Waals surface area contributed by atoms with Crippen LogP contribution in [0.15, 0.2) is 91.8 Å². The summed E-state index contributed by atoms with van der Waals surface area (Å²) in [5.41, 5.74) is 4.82. The van der Waals surface area contributed by atoms with Crippen molar-refractivity contribution >= 4 is 31.9 Å². The zero-order chi connectivity index (χ0) is 25.3. The molecule has 0 amide bonds. The highest BCUT2D eigenvalue weighted by Crippen LogP contribution is 2.53. The minimum Gasteiger partial charge on any atom is -0.451 e. The number of hydrogen-bond acceptors (Lipinski definition) is 4. The first-order valence-electron chi connectivity index (χ1n) is 11.6. The molecular formula is C28H28BrNO4S. The largest absolute Gasteiger partial charge is 0.451 e. The van der Waals surface area contributed by atoms with Gasteiger partial charge in [-0.05, 0) is 81.2 Å². The maximum absolute atomic E-state index is 13.6. The Kier molecular flexibility index (Phi) is 5.55. The minimum absolute atomic E-state index is 0.242. The second-order valence-corrected chi connectivity index (χ2v) is 13.1. The van der Waals surface area contributed by atoms with E-state index in [1.807, 2.05) is 57.2 Å². The summed E-state index contributed by atoms with van der Waals surface area (Å²) in [6.45, 7) is 10.1. The van der Waals surface area contributed by atoms with Crippen molar-refractivity contribution < 1.29 is 17.9 Å². The average molecular weight is 555 g/mol. The molecule has 0 N–H and O–H groups in total. The molecule has 3 aliphatic rings. The number of allylic oxidation sites excluding steroid dienone is 1. The van der Waals surface area contributed by atoms with Crippen molar-refractivity contribution in [2.24, 2.45) is 0 Å². The van der Waals surface area contributed by atoms with E-state index in [0.29, 0.717) is 5.57 Å². The van der Waals surface area contributed by atoms with Crippen LogP contribution in [0.4, 0.5) is 0 Å². The summed E-state index contributed by atoms with van der Waals surface area (Å²) < 4.78 is 35.5. The van der Waals surface area contributed by atoms with Crippen molar-refractivity contribution in [2.75, 3.05) is 13.1 Å². The maximum Gasteiger partial charge on any atom is 0.334 e. The normalized spacial score (nSPS) is 24.2. The molecule has 1 atom stereocenters. The highest BCUT2D eigenvalue weighted by atomic mass is 79.9. The Hall–Kier alpha value is -2.48. The van der Waals surface area contributed by atoms with Gasteiger partial charge in [-0.15, -0.1) is 0 Å². The second kappa shape index (κ2) is 8.02. The Morgan fingerprint density at radius 1 is 0.914 bits per heavy atom. The van der Waals surface area contributed by atoms with Gasteiger partial charge in [-0.3, -0.25) is 0 Å². The van der Waals surface area contributed by atoms with Crippen molar-refractivity contribution in [3.05, 3.63) is 98.1 Å². The Morgan fingerprint density at radius 2 is 1.54 bits per heavy atom. The van der Waals surface area contributed by atoms with Gasteiger partial charge in [0, 0.05) is 34.1 Å². The molecule has 0 unspecified atom stereocenters. The molecular weight excluding hydrogens is 526 g/mol. The van der Waals surface area contributed by atoms with E-state index in [9.17, 15) is 13.2 Å². The summed E-state index contributed by atoms with van der Waals surface area (Å²) in [5.74, 6) is -0.336. The molecule has 2 aromatic rings. The van der Waals surface area contributed by atoms with Crippen molar-refractivity contribution in [3.8, 4) is 0 Å². The lowest BCUT2D eigenvalue weighted by atomic mass is 9.62. The number of fused-ring (bicyclic) bond motifs is 2. The molecule has 0 aromatic heterocycles. The van der Waals surface area contributed by atoms with E-state index in [1.165, 1.54) is 4.31 Å². The van der Waals surface area contributed by atoms with Gasteiger partial charge in [0.05, 0.1) is 4.90 Å². The van der Waals surface area contributed by atoms with Crippen LogP contribution in [0.5, 0.6) is 0 Å². The van der Waals surface area contributed by atoms with Gasteiger partial charge in [0.15, 0.2) is 0 Å². The molecule has 1 aliphatic carbocycles. The van der Waals surface area contributed by atoms with Crippen LogP contribution >= 0.6 is 15.9 Å². The fourth-order valence-electron chi connectivity index (χ4n) is 5.58. The second-order valence-electron chi connectivity index (χ2n) is 10.2. The lowest BCUT2D eigenvalue weighted by molar-refractivity contribution is -0.149. The third-order valence-corrected chi connectivity index (χ3v) is 9.67. The van der Waals surface area contributed by atoms with Crippen LogP contribution in [0.3, 0.4) is 0 Å². The minimum atomic E-state index is -3.69. The number of rotatable bonds is 3. The third-order valence-electron chi connectivity index (χ3n) is 7.34. The number of carbonyl (C=O) groups is 1. The smallest absolute Gasteiger partial charge is 0.334 e. The van der Waals surface area contributed by atoms with Crippen molar-refractivity contribution in [2.45, 2.75) is 50.5 Å². The highest BCUT2D eigenvalue weighted by molar-refractivity contribution is 9.10. The van der Waals surface area contributed by atoms with Crippen molar-refractivity contribution in [3.63, 3.8) is 0 Å². The van der Waals surface area contributed by atoms with Gasteiger partial charge in [-0.2, -0.15) is 4.31 Å². The number of benzene rings is 2. The fraction of sp³-hybridized carbons (Fsp3) is 0.321. The number of hydrogen-bond donors (Lipinski definition) is 0. The van der Waals surface area contributed by atoms with E-state index in [1.54, 1.807) is 19.1 Å². The van der Waals surface area contributed by atoms with Gasteiger partial charge in [-0.1, -0.05) is 51.8 Å². The van der Waals surface area contributed by atoms with Crippen LogP contribution in [-0.4, -0.2) is 37.4 Å². The van der Waals surface area contributed by atoms with Crippen LogP contribution in [0.2, 0.25) is 0 Å². The van der Waals surface area contributed by atoms with E-state index < -0.39 is 21.0 Å². The standard InChI is InChI=1S/C28H28BrNO4S/c1-17-6-12-22(13-7-17)35(32,33)30-15-19-14-28(5,20-8-10-21(29)11-9-20)24-18(2)26(31)34-27(3,4)25(24)23(19)16-30/h6-14H,15-16H2,1-5H3/t28-/m1/s1. The number of halogens is 1. The molecule has 7 heteroatoms. The molecule has 0 spiro atoms. The van der Waals surface area contributed by atoms with E-state index in [-0.39, 0.29) is 24.0 Å². The third kappa shape index (κ3) is 3.76. The maximum atomic E-state index is 13.6. The molecule has 5 rings (SSSR count). The molecule has 1 saturated heterocycles. The molecule has 2 aromatic carbocycles. The molecule has 0 radical (unpaired) electrons. The summed E-state index contributed by atoms with van der Waals surface area (Å²) in [7, 11) is -3.69. The van der Waals surface area contributed by atoms with Crippen LogP contribution in [0, 0.1) is 6.92 Å². The topological polar surface area (TPSA) is 63.7 Å².